The first-order valence-corrected chi connectivity index (χ1v) is 14.5. The number of hydrogen-bond donors (Lipinski definition) is 2. The molecule has 44 heavy (non-hydrogen) atoms. The Morgan fingerprint density at radius 2 is 1.59 bits per heavy atom. The van der Waals surface area contributed by atoms with Crippen LogP contribution in [0, 0.1) is 5.92 Å². The van der Waals surface area contributed by atoms with Gasteiger partial charge in [0.25, 0.3) is 5.91 Å². The van der Waals surface area contributed by atoms with E-state index in [-0.39, 0.29) is 29.6 Å². The SMILES string of the molecule is O=C(Nc1ccc(C2CCN(C(=O)C3CCC(c4noc(=O)[nH]4)CC3)CC2)cc1)c1nc(-c2ccccc2)oc1C(F)(F)F. The summed E-state index contributed by atoms with van der Waals surface area (Å²) in [4.78, 5) is 45.7. The summed E-state index contributed by atoms with van der Waals surface area (Å²) in [6, 6.07) is 15.1. The third-order valence-corrected chi connectivity index (χ3v) is 8.49. The van der Waals surface area contributed by atoms with Crippen LogP contribution in [0.15, 0.2) is 68.3 Å². The lowest BCUT2D eigenvalue weighted by atomic mass is 9.80. The standard InChI is InChI=1S/C31H30F3N5O5/c32-31(33,34)25-24(36-28(43-25)21-4-2-1-3-5-21)27(40)35-23-12-10-18(11-13-23)19-14-16-39(17-15-19)29(41)22-8-6-20(7-9-22)26-37-30(42)44-38-26/h1-5,10-13,19-20,22H,6-9,14-17H2,(H,35,40)(H,37,38,42). The van der Waals surface area contributed by atoms with E-state index in [9.17, 15) is 27.6 Å². The van der Waals surface area contributed by atoms with E-state index in [4.69, 9.17) is 4.42 Å². The van der Waals surface area contributed by atoms with Gasteiger partial charge in [-0.25, -0.2) is 9.78 Å². The molecule has 1 aliphatic heterocycles. The van der Waals surface area contributed by atoms with E-state index >= 15 is 0 Å². The highest BCUT2D eigenvalue weighted by atomic mass is 19.4. The lowest BCUT2D eigenvalue weighted by molar-refractivity contribution is -0.153. The number of halogens is 3. The molecule has 2 aromatic heterocycles. The molecule has 1 saturated carbocycles. The quantitative estimate of drug-likeness (QED) is 0.275. The minimum absolute atomic E-state index is 0.0457. The van der Waals surface area contributed by atoms with Crippen molar-refractivity contribution in [2.45, 2.75) is 56.5 Å². The molecule has 0 atom stereocenters. The fourth-order valence-electron chi connectivity index (χ4n) is 6.12. The molecular formula is C31H30F3N5O5. The molecule has 4 aromatic rings. The third-order valence-electron chi connectivity index (χ3n) is 8.49. The highest BCUT2D eigenvalue weighted by Gasteiger charge is 2.42. The topological polar surface area (TPSA) is 134 Å². The molecule has 6 rings (SSSR count). The van der Waals surface area contributed by atoms with Gasteiger partial charge in [0, 0.05) is 36.2 Å². The number of benzene rings is 2. The van der Waals surface area contributed by atoms with Crippen molar-refractivity contribution in [1.29, 1.82) is 0 Å². The maximum Gasteiger partial charge on any atom is 0.452 e. The Morgan fingerprint density at radius 3 is 2.20 bits per heavy atom. The van der Waals surface area contributed by atoms with Gasteiger partial charge in [0.15, 0.2) is 11.5 Å². The molecule has 0 radical (unpaired) electrons. The van der Waals surface area contributed by atoms with E-state index in [1.807, 2.05) is 17.0 Å². The number of carbonyl (C=O) groups is 2. The van der Waals surface area contributed by atoms with Crippen molar-refractivity contribution in [2.75, 3.05) is 18.4 Å². The second-order valence-electron chi connectivity index (χ2n) is 11.3. The van der Waals surface area contributed by atoms with Crippen molar-refractivity contribution < 1.29 is 31.7 Å². The van der Waals surface area contributed by atoms with Gasteiger partial charge in [-0.3, -0.25) is 19.1 Å². The first-order valence-electron chi connectivity index (χ1n) is 14.5. The summed E-state index contributed by atoms with van der Waals surface area (Å²) in [7, 11) is 0. The van der Waals surface area contributed by atoms with Crippen molar-refractivity contribution in [3.8, 4) is 11.5 Å². The van der Waals surface area contributed by atoms with E-state index in [0.29, 0.717) is 30.2 Å². The molecule has 1 aliphatic carbocycles. The third kappa shape index (κ3) is 6.31. The Morgan fingerprint density at radius 1 is 0.909 bits per heavy atom. The number of aromatic amines is 1. The number of alkyl halides is 3. The second kappa shape index (κ2) is 12.1. The van der Waals surface area contributed by atoms with Crippen LogP contribution < -0.4 is 11.1 Å². The molecule has 0 spiro atoms. The molecule has 2 aliphatic rings. The molecule has 10 nitrogen and oxygen atoms in total. The number of aromatic nitrogens is 3. The summed E-state index contributed by atoms with van der Waals surface area (Å²) in [5.74, 6) is -2.36. The van der Waals surface area contributed by atoms with Gasteiger partial charge in [0.05, 0.1) is 0 Å². The zero-order valence-corrected chi connectivity index (χ0v) is 23.6. The fourth-order valence-corrected chi connectivity index (χ4v) is 6.12. The Bertz CT molecular complexity index is 1660. The van der Waals surface area contributed by atoms with Gasteiger partial charge in [-0.15, -0.1) is 0 Å². The predicted octanol–water partition coefficient (Wildman–Crippen LogP) is 5.97. The van der Waals surface area contributed by atoms with Crippen LogP contribution in [-0.2, 0) is 11.0 Å². The lowest BCUT2D eigenvalue weighted by Crippen LogP contribution is -2.42. The average Bonchev–Trinajstić information content (AvgIpc) is 3.69. The zero-order chi connectivity index (χ0) is 30.8. The Hall–Kier alpha value is -4.68. The largest absolute Gasteiger partial charge is 0.452 e. The van der Waals surface area contributed by atoms with E-state index in [1.54, 1.807) is 42.5 Å². The maximum atomic E-state index is 13.6. The summed E-state index contributed by atoms with van der Waals surface area (Å²) >= 11 is 0. The highest BCUT2D eigenvalue weighted by Crippen LogP contribution is 2.37. The number of anilines is 1. The molecule has 3 heterocycles. The number of oxazole rings is 1. The smallest absolute Gasteiger partial charge is 0.431 e. The van der Waals surface area contributed by atoms with Gasteiger partial charge < -0.3 is 14.6 Å². The summed E-state index contributed by atoms with van der Waals surface area (Å²) in [5, 5.41) is 6.28. The first kappa shape index (κ1) is 29.4. The monoisotopic (exact) mass is 609 g/mol. The molecule has 2 amide bonds. The minimum Gasteiger partial charge on any atom is -0.431 e. The summed E-state index contributed by atoms with van der Waals surface area (Å²) in [6.07, 6.45) is -0.339. The summed E-state index contributed by atoms with van der Waals surface area (Å²) < 4.78 is 50.5. The normalized spacial score (nSPS) is 19.6. The van der Waals surface area contributed by atoms with Gasteiger partial charge in [-0.2, -0.15) is 13.2 Å². The van der Waals surface area contributed by atoms with Crippen LogP contribution in [-0.4, -0.2) is 44.9 Å². The maximum absolute atomic E-state index is 13.6. The Balaban J connectivity index is 1.03. The van der Waals surface area contributed by atoms with Crippen LogP contribution in [0.2, 0.25) is 0 Å². The molecular weight excluding hydrogens is 579 g/mol. The van der Waals surface area contributed by atoms with Crippen LogP contribution in [0.1, 0.15) is 78.0 Å². The molecule has 0 unspecified atom stereocenters. The molecule has 13 heteroatoms. The lowest BCUT2D eigenvalue weighted by Gasteiger charge is -2.36. The molecule has 2 N–H and O–H groups in total. The minimum atomic E-state index is -4.90. The number of nitrogens with zero attached hydrogens (tertiary/aromatic N) is 3. The van der Waals surface area contributed by atoms with Gasteiger partial charge in [-0.05, 0) is 74.3 Å². The molecule has 1 saturated heterocycles. The van der Waals surface area contributed by atoms with Crippen molar-refractivity contribution in [2.24, 2.45) is 5.92 Å². The van der Waals surface area contributed by atoms with Gasteiger partial charge in [-0.1, -0.05) is 35.5 Å². The number of hydrogen-bond acceptors (Lipinski definition) is 7. The van der Waals surface area contributed by atoms with Crippen molar-refractivity contribution >= 4 is 17.5 Å². The van der Waals surface area contributed by atoms with E-state index in [1.165, 1.54) is 0 Å². The van der Waals surface area contributed by atoms with Crippen molar-refractivity contribution in [3.63, 3.8) is 0 Å². The number of likely N-dealkylation sites (tertiary alicyclic amines) is 1. The van der Waals surface area contributed by atoms with Gasteiger partial charge >= 0.3 is 11.9 Å². The Labute approximate surface area is 249 Å². The molecule has 0 bridgehead atoms. The van der Waals surface area contributed by atoms with Crippen LogP contribution >= 0.6 is 0 Å². The number of nitrogens with one attached hydrogen (secondary N) is 2. The number of piperidine rings is 1. The highest BCUT2D eigenvalue weighted by molar-refractivity contribution is 6.04. The van der Waals surface area contributed by atoms with Crippen molar-refractivity contribution in [3.05, 3.63) is 88.0 Å². The van der Waals surface area contributed by atoms with Crippen LogP contribution in [0.5, 0.6) is 0 Å². The fraction of sp³-hybridized carbons (Fsp3) is 0.387. The molecule has 230 valence electrons. The number of H-pyrrole nitrogens is 1. The molecule has 2 fully saturated rings. The number of carbonyl (C=O) groups excluding carboxylic acids is 2. The summed E-state index contributed by atoms with van der Waals surface area (Å²) in [6.45, 7) is 1.27. The predicted molar refractivity (Wildman–Crippen MR) is 152 cm³/mol. The van der Waals surface area contributed by atoms with E-state index in [2.05, 4.69) is 25.0 Å². The number of rotatable bonds is 6. The van der Waals surface area contributed by atoms with Crippen LogP contribution in [0.3, 0.4) is 0 Å². The number of amides is 2. The van der Waals surface area contributed by atoms with E-state index < -0.39 is 29.3 Å². The van der Waals surface area contributed by atoms with Gasteiger partial charge in [0.2, 0.25) is 17.6 Å². The average molecular weight is 610 g/mol. The Kier molecular flexibility index (Phi) is 8.11. The second-order valence-corrected chi connectivity index (χ2v) is 11.3. The van der Waals surface area contributed by atoms with Crippen LogP contribution in [0.25, 0.3) is 11.5 Å². The molecule has 2 aromatic carbocycles. The zero-order valence-electron chi connectivity index (χ0n) is 23.6. The van der Waals surface area contributed by atoms with Crippen molar-refractivity contribution in [1.82, 2.24) is 20.0 Å². The first-order chi connectivity index (χ1) is 21.2. The van der Waals surface area contributed by atoms with Crippen LogP contribution in [0.4, 0.5) is 18.9 Å². The van der Waals surface area contributed by atoms with Gasteiger partial charge in [0.1, 0.15) is 0 Å². The summed E-state index contributed by atoms with van der Waals surface area (Å²) in [5.41, 5.74) is 0.845. The van der Waals surface area contributed by atoms with E-state index in [0.717, 1.165) is 44.1 Å².